The van der Waals surface area contributed by atoms with Crippen LogP contribution < -0.4 is 11.1 Å². The van der Waals surface area contributed by atoms with Gasteiger partial charge in [-0.1, -0.05) is 0 Å². The fourth-order valence-corrected chi connectivity index (χ4v) is 1.88. The van der Waals surface area contributed by atoms with Gasteiger partial charge in [-0.15, -0.1) is 22.6 Å². The Kier molecular flexibility index (Phi) is 3.54. The van der Waals surface area contributed by atoms with Gasteiger partial charge in [-0.05, 0) is 18.2 Å². The van der Waals surface area contributed by atoms with Crippen molar-refractivity contribution in [2.75, 3.05) is 5.32 Å². The molecule has 0 bridgehead atoms. The van der Waals surface area contributed by atoms with E-state index in [9.17, 15) is 13.2 Å². The summed E-state index contributed by atoms with van der Waals surface area (Å²) in [5, 5.41) is 10.9. The quantitative estimate of drug-likeness (QED) is 0.781. The third kappa shape index (κ3) is 2.64. The molecule has 1 aliphatic rings. The molecule has 2 heterocycles. The highest BCUT2D eigenvalue weighted by Gasteiger charge is 2.31. The maximum atomic E-state index is 12.7. The van der Waals surface area contributed by atoms with Crippen molar-refractivity contribution in [3.8, 4) is 0 Å². The van der Waals surface area contributed by atoms with Gasteiger partial charge >= 0.3 is 6.18 Å². The first-order valence-electron chi connectivity index (χ1n) is 5.59. The number of aromatic nitrogens is 3. The van der Waals surface area contributed by atoms with Crippen LogP contribution in [0.15, 0.2) is 23.2 Å². The highest BCUT2D eigenvalue weighted by molar-refractivity contribution is 6.04. The van der Waals surface area contributed by atoms with E-state index in [1.54, 1.807) is 7.05 Å². The van der Waals surface area contributed by atoms with Crippen molar-refractivity contribution in [3.63, 3.8) is 0 Å². The number of nitrogens with one attached hydrogen (secondary N) is 1. The summed E-state index contributed by atoms with van der Waals surface area (Å²) in [6.07, 6.45) is -4.43. The lowest BCUT2D eigenvalue weighted by Crippen LogP contribution is -2.14. The van der Waals surface area contributed by atoms with Crippen molar-refractivity contribution >= 4 is 35.4 Å². The number of anilines is 2. The number of hydrogen-bond acceptors (Lipinski definition) is 5. The summed E-state index contributed by atoms with van der Waals surface area (Å²) in [7, 11) is 1.61. The number of halogens is 4. The zero-order chi connectivity index (χ0) is 14.5. The van der Waals surface area contributed by atoms with E-state index in [-0.39, 0.29) is 23.9 Å². The normalized spacial score (nSPS) is 13.2. The summed E-state index contributed by atoms with van der Waals surface area (Å²) < 4.78 is 38.1. The molecule has 1 aromatic heterocycles. The van der Waals surface area contributed by atoms with Crippen LogP contribution in [0.1, 0.15) is 11.3 Å². The molecule has 0 saturated carbocycles. The minimum absolute atomic E-state index is 0. The van der Waals surface area contributed by atoms with Gasteiger partial charge in [0.2, 0.25) is 0 Å². The molecule has 21 heavy (non-hydrogen) atoms. The lowest BCUT2D eigenvalue weighted by molar-refractivity contribution is -0.137. The second kappa shape index (κ2) is 4.92. The summed E-state index contributed by atoms with van der Waals surface area (Å²) in [5.74, 6) is 0.367. The topological polar surface area (TPSA) is 81.1 Å². The molecule has 1 aliphatic heterocycles. The molecule has 6 nitrogen and oxygen atoms in total. The summed E-state index contributed by atoms with van der Waals surface area (Å²) in [6.45, 7) is 0. The van der Waals surface area contributed by atoms with Crippen molar-refractivity contribution in [2.45, 2.75) is 6.18 Å². The molecule has 0 atom stereocenters. The molecule has 2 aromatic rings. The Hall–Kier alpha value is -2.29. The van der Waals surface area contributed by atoms with Gasteiger partial charge in [-0.3, -0.25) is 0 Å². The second-order valence-electron chi connectivity index (χ2n) is 4.24. The first-order chi connectivity index (χ1) is 9.34. The fourth-order valence-electron chi connectivity index (χ4n) is 1.88. The molecule has 0 radical (unpaired) electrons. The Labute approximate surface area is 123 Å². The summed E-state index contributed by atoms with van der Waals surface area (Å²) in [4.78, 5) is 5.29. The van der Waals surface area contributed by atoms with Crippen LogP contribution in [0.25, 0.3) is 0 Å². The van der Waals surface area contributed by atoms with Gasteiger partial charge in [0.15, 0.2) is 17.3 Å². The Morgan fingerprint density at radius 3 is 2.62 bits per heavy atom. The van der Waals surface area contributed by atoms with Gasteiger partial charge in [-0.2, -0.15) is 18.0 Å². The van der Waals surface area contributed by atoms with Crippen molar-refractivity contribution < 1.29 is 13.2 Å². The van der Waals surface area contributed by atoms with Gasteiger partial charge in [0.25, 0.3) is 0 Å². The van der Waals surface area contributed by atoms with E-state index in [2.05, 4.69) is 20.5 Å². The largest absolute Gasteiger partial charge is 0.416 e. The number of aryl methyl sites for hydroxylation is 1. The van der Waals surface area contributed by atoms with E-state index in [4.69, 9.17) is 5.73 Å². The lowest BCUT2D eigenvalue weighted by Gasteiger charge is -2.10. The van der Waals surface area contributed by atoms with E-state index in [1.807, 2.05) is 0 Å². The first kappa shape index (κ1) is 15.1. The number of rotatable bonds is 0. The SMILES string of the molecule is Cl.Cn1nc2c(n1)C(N)=Nc1cc(C(F)(F)F)ccc1N2. The molecule has 0 unspecified atom stereocenters. The Morgan fingerprint density at radius 2 is 1.95 bits per heavy atom. The maximum absolute atomic E-state index is 12.7. The molecule has 3 rings (SSSR count). The first-order valence-corrected chi connectivity index (χ1v) is 5.59. The zero-order valence-electron chi connectivity index (χ0n) is 10.6. The number of benzene rings is 1. The molecule has 0 fully saturated rings. The minimum Gasteiger partial charge on any atom is -0.382 e. The molecule has 0 aliphatic carbocycles. The van der Waals surface area contributed by atoms with Gasteiger partial charge in [0.1, 0.15) is 0 Å². The molecular formula is C11H10ClF3N6. The molecule has 0 amide bonds. The third-order valence-electron chi connectivity index (χ3n) is 2.78. The van der Waals surface area contributed by atoms with Crippen LogP contribution in [-0.4, -0.2) is 20.8 Å². The fraction of sp³-hybridized carbons (Fsp3) is 0.182. The smallest absolute Gasteiger partial charge is 0.382 e. The van der Waals surface area contributed by atoms with Crippen molar-refractivity contribution in [3.05, 3.63) is 29.5 Å². The van der Waals surface area contributed by atoms with Gasteiger partial charge in [0.05, 0.1) is 16.9 Å². The molecule has 0 saturated heterocycles. The Morgan fingerprint density at radius 1 is 1.24 bits per heavy atom. The minimum atomic E-state index is -4.43. The Balaban J connectivity index is 0.00000161. The second-order valence-corrected chi connectivity index (χ2v) is 4.24. The van der Waals surface area contributed by atoms with Crippen LogP contribution >= 0.6 is 12.4 Å². The van der Waals surface area contributed by atoms with Crippen molar-refractivity contribution in [2.24, 2.45) is 17.8 Å². The highest BCUT2D eigenvalue weighted by atomic mass is 35.5. The molecule has 3 N–H and O–H groups in total. The predicted molar refractivity (Wildman–Crippen MR) is 73.4 cm³/mol. The average Bonchev–Trinajstić information content (AvgIpc) is 2.65. The lowest BCUT2D eigenvalue weighted by atomic mass is 10.1. The van der Waals surface area contributed by atoms with Crippen LogP contribution in [0.4, 0.5) is 30.4 Å². The number of aliphatic imine (C=N–C) groups is 1. The number of nitrogens with two attached hydrogens (primary N) is 1. The predicted octanol–water partition coefficient (Wildman–Crippen LogP) is 2.35. The van der Waals surface area contributed by atoms with Gasteiger partial charge in [0, 0.05) is 7.05 Å². The number of fused-ring (bicyclic) bond motifs is 2. The Bertz CT molecular complexity index is 721. The van der Waals surface area contributed by atoms with Crippen molar-refractivity contribution in [1.29, 1.82) is 0 Å². The van der Waals surface area contributed by atoms with Crippen molar-refractivity contribution in [1.82, 2.24) is 15.0 Å². The summed E-state index contributed by atoms with van der Waals surface area (Å²) in [5.41, 5.74) is 5.75. The highest BCUT2D eigenvalue weighted by Crippen LogP contribution is 2.37. The zero-order valence-corrected chi connectivity index (χ0v) is 11.5. The van der Waals surface area contributed by atoms with E-state index in [0.29, 0.717) is 17.2 Å². The van der Waals surface area contributed by atoms with Crippen LogP contribution in [0.5, 0.6) is 0 Å². The molecule has 112 valence electrons. The molecular weight excluding hydrogens is 309 g/mol. The van der Waals surface area contributed by atoms with Gasteiger partial charge in [-0.25, -0.2) is 4.99 Å². The van der Waals surface area contributed by atoms with Crippen LogP contribution in [-0.2, 0) is 13.2 Å². The standard InChI is InChI=1S/C11H9F3N6.ClH/c1-20-18-8-9(15)16-7-4-5(11(12,13)14)2-3-6(7)17-10(8)19-20;/h2-4H,1H3,(H2,15,16)(H,17,19);1H. The number of hydrogen-bond donors (Lipinski definition) is 2. The van der Waals surface area contributed by atoms with Crippen LogP contribution in [0.2, 0.25) is 0 Å². The summed E-state index contributed by atoms with van der Waals surface area (Å²) >= 11 is 0. The number of alkyl halides is 3. The van der Waals surface area contributed by atoms with E-state index in [1.165, 1.54) is 10.9 Å². The van der Waals surface area contributed by atoms with E-state index in [0.717, 1.165) is 12.1 Å². The molecule has 0 spiro atoms. The summed E-state index contributed by atoms with van der Waals surface area (Å²) in [6, 6.07) is 3.19. The van der Waals surface area contributed by atoms with E-state index >= 15 is 0 Å². The molecule has 1 aromatic carbocycles. The van der Waals surface area contributed by atoms with Crippen LogP contribution in [0, 0.1) is 0 Å². The van der Waals surface area contributed by atoms with E-state index < -0.39 is 11.7 Å². The third-order valence-corrected chi connectivity index (χ3v) is 2.78. The molecule has 10 heteroatoms. The van der Waals surface area contributed by atoms with Crippen LogP contribution in [0.3, 0.4) is 0 Å². The number of amidine groups is 1. The van der Waals surface area contributed by atoms with Gasteiger partial charge < -0.3 is 11.1 Å². The maximum Gasteiger partial charge on any atom is 0.416 e. The average molecular weight is 319 g/mol. The monoisotopic (exact) mass is 318 g/mol. The number of nitrogens with zero attached hydrogens (tertiary/aromatic N) is 4.